The summed E-state index contributed by atoms with van der Waals surface area (Å²) in [5.41, 5.74) is 6.03. The first kappa shape index (κ1) is 44.0. The van der Waals surface area contributed by atoms with Crippen molar-refractivity contribution in [3.8, 4) is 22.3 Å². The van der Waals surface area contributed by atoms with Crippen molar-refractivity contribution in [2.45, 2.75) is 85.9 Å². The van der Waals surface area contributed by atoms with Gasteiger partial charge in [-0.2, -0.15) is 0 Å². The minimum Gasteiger partial charge on any atom is -0.453 e. The summed E-state index contributed by atoms with van der Waals surface area (Å²) in [5.74, 6) is -0.0545. The maximum Gasteiger partial charge on any atom is 0.407 e. The predicted octanol–water partition coefficient (Wildman–Crippen LogP) is 9.85. The Bertz CT molecular complexity index is 2230. The number of nitrogens with zero attached hydrogens (tertiary/aromatic N) is 4. The van der Waals surface area contributed by atoms with E-state index in [0.717, 1.165) is 72.0 Å². The van der Waals surface area contributed by atoms with Gasteiger partial charge in [-0.3, -0.25) is 9.59 Å². The van der Waals surface area contributed by atoms with E-state index >= 15 is 0 Å². The van der Waals surface area contributed by atoms with Gasteiger partial charge in [0.05, 0.1) is 46.7 Å². The summed E-state index contributed by atoms with van der Waals surface area (Å²) in [4.78, 5) is 63.8. The number of rotatable bonds is 9. The lowest BCUT2D eigenvalue weighted by molar-refractivity contribution is -0.135. The highest BCUT2D eigenvalue weighted by molar-refractivity contribution is 7.19. The van der Waals surface area contributed by atoms with Crippen LogP contribution in [0.2, 0.25) is 0 Å². The SMILES string of the molecule is C.CCC.COC(=O)NCC(=O)N1CCC[C@H]1c1nc2cc(-c3ccc(-c4ccc5sc(C6C[C@H](C)CN6C(=O)[C@@H](NC(=O)OC)C(C)C)nc5c4)cc3)ccc2s1.[HH]. The fourth-order valence-electron chi connectivity index (χ4n) is 7.43. The number of amides is 4. The predicted molar refractivity (Wildman–Crippen MR) is 235 cm³/mol. The molecule has 4 amide bonds. The number of thiazole rings is 2. The number of likely N-dealkylation sites (tertiary alicyclic amines) is 2. The largest absolute Gasteiger partial charge is 0.453 e. The van der Waals surface area contributed by atoms with Crippen molar-refractivity contribution < 1.29 is 30.1 Å². The molecule has 2 saturated heterocycles. The van der Waals surface area contributed by atoms with Gasteiger partial charge in [0.25, 0.3) is 0 Å². The molecule has 5 aromatic rings. The molecule has 0 radical (unpaired) electrons. The summed E-state index contributed by atoms with van der Waals surface area (Å²) in [6.07, 6.45) is 2.54. The molecule has 0 bridgehead atoms. The molecule has 0 aliphatic carbocycles. The number of nitrogens with one attached hydrogen (secondary N) is 2. The van der Waals surface area contributed by atoms with Crippen LogP contribution in [0.5, 0.6) is 0 Å². The molecule has 12 nitrogen and oxygen atoms in total. The topological polar surface area (TPSA) is 143 Å². The van der Waals surface area contributed by atoms with Gasteiger partial charge in [0.15, 0.2) is 0 Å². The first-order valence-electron chi connectivity index (χ1n) is 19.6. The van der Waals surface area contributed by atoms with Crippen LogP contribution in [0.4, 0.5) is 9.59 Å². The first-order valence-corrected chi connectivity index (χ1v) is 21.3. The third-order valence-corrected chi connectivity index (χ3v) is 12.5. The standard InChI is InChI=1S/C40H44N6O6S2.C3H8.CH4.H2/c1-22(2)35(44-40(50)52-5)38(48)46-21-23(3)17-31(46)37-43-29-19-27(13-15-33(29)54-37)25-10-8-24(9-11-25)26-12-14-32-28(18-26)42-36(53-32)30-7-6-16-45(30)34(47)20-41-39(49)51-4;1-3-2;;/h8-15,18-19,22-23,30-31,35H,6-7,16-17,20-21H2,1-5H3,(H,41,49)(H,44,50);3H2,1-2H3;1H4;1H/t23-,30-,31?,35-;;;/m0.../s1. The van der Waals surface area contributed by atoms with Crippen molar-refractivity contribution in [2.75, 3.05) is 33.9 Å². The lowest BCUT2D eigenvalue weighted by Gasteiger charge is -2.30. The molecule has 1 unspecified atom stereocenters. The number of carbonyl (C=O) groups excluding carboxylic acids is 4. The Morgan fingerprint density at radius 2 is 1.33 bits per heavy atom. The summed E-state index contributed by atoms with van der Waals surface area (Å²) >= 11 is 3.22. The Kier molecular flexibility index (Phi) is 14.9. The number of hydrogen-bond donors (Lipinski definition) is 2. The minimum absolute atomic E-state index is 0. The van der Waals surface area contributed by atoms with E-state index < -0.39 is 18.2 Å². The van der Waals surface area contributed by atoms with Crippen LogP contribution in [0.15, 0.2) is 60.7 Å². The average Bonchev–Trinajstić information content (AvgIpc) is 4.03. The van der Waals surface area contributed by atoms with Crippen LogP contribution in [-0.4, -0.2) is 83.7 Å². The van der Waals surface area contributed by atoms with Crippen molar-refractivity contribution in [1.29, 1.82) is 0 Å². The molecule has 2 N–H and O–H groups in total. The highest BCUT2D eigenvalue weighted by atomic mass is 32.1. The fourth-order valence-corrected chi connectivity index (χ4v) is 9.60. The molecular weight excluding hydrogens is 773 g/mol. The van der Waals surface area contributed by atoms with Gasteiger partial charge in [0, 0.05) is 14.5 Å². The molecule has 58 heavy (non-hydrogen) atoms. The summed E-state index contributed by atoms with van der Waals surface area (Å²) in [5, 5.41) is 7.02. The molecule has 2 aliphatic heterocycles. The first-order chi connectivity index (χ1) is 27.4. The number of hydrogen-bond acceptors (Lipinski definition) is 10. The molecule has 14 heteroatoms. The number of benzene rings is 3. The van der Waals surface area contributed by atoms with E-state index in [-0.39, 0.29) is 45.2 Å². The number of ether oxygens (including phenoxy) is 2. The highest BCUT2D eigenvalue weighted by Crippen LogP contribution is 2.41. The van der Waals surface area contributed by atoms with Crippen LogP contribution in [0.1, 0.15) is 91.3 Å². The quantitative estimate of drug-likeness (QED) is 0.150. The monoisotopic (exact) mass is 830 g/mol. The fraction of sp³-hybridized carbons (Fsp3) is 0.455. The van der Waals surface area contributed by atoms with Crippen molar-refractivity contribution in [2.24, 2.45) is 11.8 Å². The Morgan fingerprint density at radius 3 is 1.84 bits per heavy atom. The van der Waals surface area contributed by atoms with Gasteiger partial charge < -0.3 is 29.9 Å². The van der Waals surface area contributed by atoms with Gasteiger partial charge >= 0.3 is 12.2 Å². The summed E-state index contributed by atoms with van der Waals surface area (Å²) in [7, 11) is 2.58. The number of aromatic nitrogens is 2. The van der Waals surface area contributed by atoms with Crippen molar-refractivity contribution in [3.05, 3.63) is 70.7 Å². The molecule has 7 rings (SSSR count). The van der Waals surface area contributed by atoms with Crippen LogP contribution in [0.3, 0.4) is 0 Å². The summed E-state index contributed by atoms with van der Waals surface area (Å²) in [6.45, 7) is 11.4. The minimum atomic E-state index is -0.681. The second-order valence-electron chi connectivity index (χ2n) is 15.0. The number of alkyl carbamates (subject to hydrolysis) is 2. The zero-order valence-electron chi connectivity index (χ0n) is 33.7. The summed E-state index contributed by atoms with van der Waals surface area (Å²) in [6, 6.07) is 20.1. The number of carbonyl (C=O) groups is 4. The Labute approximate surface area is 350 Å². The maximum absolute atomic E-state index is 13.8. The second-order valence-corrected chi connectivity index (χ2v) is 17.2. The lowest BCUT2D eigenvalue weighted by atomic mass is 10.00. The maximum atomic E-state index is 13.8. The molecule has 0 saturated carbocycles. The van der Waals surface area contributed by atoms with E-state index in [1.165, 1.54) is 20.6 Å². The average molecular weight is 831 g/mol. The van der Waals surface area contributed by atoms with E-state index in [9.17, 15) is 19.2 Å². The van der Waals surface area contributed by atoms with Crippen molar-refractivity contribution in [3.63, 3.8) is 0 Å². The van der Waals surface area contributed by atoms with Gasteiger partial charge in [-0.15, -0.1) is 22.7 Å². The van der Waals surface area contributed by atoms with Crippen molar-refractivity contribution in [1.82, 2.24) is 30.4 Å². The molecule has 3 aromatic carbocycles. The molecule has 4 heterocycles. The van der Waals surface area contributed by atoms with Gasteiger partial charge in [-0.25, -0.2) is 19.6 Å². The normalized spacial score (nSPS) is 18.0. The smallest absolute Gasteiger partial charge is 0.407 e. The van der Waals surface area contributed by atoms with Gasteiger partial charge in [-0.1, -0.05) is 84.9 Å². The molecular formula is C44H58N6O6S2. The third kappa shape index (κ3) is 9.78. The number of fused-ring (bicyclic) bond motifs is 2. The number of methoxy groups -OCH3 is 2. The Balaban J connectivity index is 0.00000149. The third-order valence-electron chi connectivity index (χ3n) is 10.3. The van der Waals surface area contributed by atoms with Gasteiger partial charge in [-0.05, 0) is 77.6 Å². The zero-order chi connectivity index (χ0) is 40.8. The van der Waals surface area contributed by atoms with E-state index in [2.05, 4.69) is 96.8 Å². The molecule has 0 spiro atoms. The van der Waals surface area contributed by atoms with E-state index in [0.29, 0.717) is 19.0 Å². The van der Waals surface area contributed by atoms with E-state index in [1.807, 2.05) is 18.7 Å². The Morgan fingerprint density at radius 1 is 0.810 bits per heavy atom. The van der Waals surface area contributed by atoms with Gasteiger partial charge in [0.1, 0.15) is 22.6 Å². The second kappa shape index (κ2) is 19.6. The van der Waals surface area contributed by atoms with Crippen LogP contribution in [0, 0.1) is 11.8 Å². The van der Waals surface area contributed by atoms with Crippen molar-refractivity contribution >= 4 is 67.1 Å². The molecule has 2 aliphatic rings. The van der Waals surface area contributed by atoms with Crippen LogP contribution >= 0.6 is 22.7 Å². The highest BCUT2D eigenvalue weighted by Gasteiger charge is 2.40. The molecule has 2 aromatic heterocycles. The molecule has 2 fully saturated rings. The lowest BCUT2D eigenvalue weighted by Crippen LogP contribution is -2.51. The van der Waals surface area contributed by atoms with Gasteiger partial charge in [0.2, 0.25) is 11.8 Å². The molecule has 312 valence electrons. The Hall–Kier alpha value is -5.08. The van der Waals surface area contributed by atoms with E-state index in [4.69, 9.17) is 14.7 Å². The van der Waals surface area contributed by atoms with Crippen LogP contribution < -0.4 is 10.6 Å². The zero-order valence-corrected chi connectivity index (χ0v) is 35.3. The summed E-state index contributed by atoms with van der Waals surface area (Å²) < 4.78 is 11.5. The molecule has 4 atom stereocenters. The van der Waals surface area contributed by atoms with Crippen LogP contribution in [0.25, 0.3) is 42.7 Å². The van der Waals surface area contributed by atoms with E-state index in [1.54, 1.807) is 27.6 Å². The van der Waals surface area contributed by atoms with Crippen LogP contribution in [-0.2, 0) is 19.1 Å².